The minimum absolute atomic E-state index is 0.123. The van der Waals surface area contributed by atoms with Gasteiger partial charge in [0.15, 0.2) is 0 Å². The third-order valence-electron chi connectivity index (χ3n) is 2.61. The van der Waals surface area contributed by atoms with Crippen LogP contribution in [0.4, 0.5) is 0 Å². The Morgan fingerprint density at radius 2 is 1.83 bits per heavy atom. The van der Waals surface area contributed by atoms with E-state index in [1.54, 1.807) is 18.2 Å². The third kappa shape index (κ3) is 4.08. The zero-order valence-electron chi connectivity index (χ0n) is 11.1. The molecule has 0 aliphatic rings. The molecule has 0 spiro atoms. The van der Waals surface area contributed by atoms with Gasteiger partial charge >= 0.3 is 0 Å². The van der Waals surface area contributed by atoms with Crippen LogP contribution in [0.5, 0.6) is 0 Å². The molecule has 0 saturated heterocycles. The van der Waals surface area contributed by atoms with Gasteiger partial charge in [-0.3, -0.25) is 0 Å². The van der Waals surface area contributed by atoms with Crippen molar-refractivity contribution in [2.24, 2.45) is 5.92 Å². The Kier molecular flexibility index (Phi) is 5.31. The fourth-order valence-corrected chi connectivity index (χ4v) is 3.47. The third-order valence-corrected chi connectivity index (χ3v) is 4.30. The van der Waals surface area contributed by atoms with Crippen molar-refractivity contribution in [2.45, 2.75) is 44.7 Å². The molecule has 0 radical (unpaired) electrons. The van der Waals surface area contributed by atoms with Gasteiger partial charge in [-0.2, -0.15) is 0 Å². The number of aliphatic hydroxyl groups is 1. The first kappa shape index (κ1) is 15.1. The van der Waals surface area contributed by atoms with Crippen LogP contribution in [-0.4, -0.2) is 19.6 Å². The highest BCUT2D eigenvalue weighted by molar-refractivity contribution is 7.89. The summed E-state index contributed by atoms with van der Waals surface area (Å²) in [7, 11) is -3.56. The first-order valence-electron chi connectivity index (χ1n) is 6.08. The Morgan fingerprint density at radius 3 is 2.39 bits per heavy atom. The van der Waals surface area contributed by atoms with Crippen molar-refractivity contribution in [1.82, 2.24) is 4.72 Å². The number of rotatable bonds is 6. The summed E-state index contributed by atoms with van der Waals surface area (Å²) >= 11 is 0. The van der Waals surface area contributed by atoms with Gasteiger partial charge in [-0.25, -0.2) is 13.1 Å². The van der Waals surface area contributed by atoms with Crippen LogP contribution >= 0.6 is 0 Å². The van der Waals surface area contributed by atoms with Crippen LogP contribution in [0, 0.1) is 5.92 Å². The summed E-state index contributed by atoms with van der Waals surface area (Å²) in [5, 5.41) is 9.17. The summed E-state index contributed by atoms with van der Waals surface area (Å²) < 4.78 is 27.0. The maximum absolute atomic E-state index is 12.2. The second kappa shape index (κ2) is 6.31. The first-order valence-corrected chi connectivity index (χ1v) is 7.56. The van der Waals surface area contributed by atoms with E-state index in [1.165, 1.54) is 6.07 Å². The van der Waals surface area contributed by atoms with E-state index in [0.717, 1.165) is 6.42 Å². The fraction of sp³-hybridized carbons (Fsp3) is 0.538. The van der Waals surface area contributed by atoms with E-state index < -0.39 is 10.0 Å². The van der Waals surface area contributed by atoms with E-state index >= 15 is 0 Å². The molecule has 4 nitrogen and oxygen atoms in total. The van der Waals surface area contributed by atoms with Gasteiger partial charge in [0.2, 0.25) is 10.0 Å². The molecule has 1 rings (SSSR count). The molecule has 0 fully saturated rings. The van der Waals surface area contributed by atoms with E-state index in [9.17, 15) is 8.42 Å². The van der Waals surface area contributed by atoms with Crippen LogP contribution < -0.4 is 4.72 Å². The van der Waals surface area contributed by atoms with Gasteiger partial charge in [0.25, 0.3) is 0 Å². The summed E-state index contributed by atoms with van der Waals surface area (Å²) in [4.78, 5) is 0.156. The number of benzene rings is 1. The van der Waals surface area contributed by atoms with E-state index in [1.807, 2.05) is 20.8 Å². The first-order chi connectivity index (χ1) is 8.36. The Balaban J connectivity index is 2.93. The number of sulfonamides is 1. The van der Waals surface area contributed by atoms with Gasteiger partial charge in [0.05, 0.1) is 11.5 Å². The lowest BCUT2D eigenvalue weighted by Crippen LogP contribution is -2.34. The Bertz CT molecular complexity index is 483. The van der Waals surface area contributed by atoms with Crippen LogP contribution in [0.2, 0.25) is 0 Å². The molecule has 0 aromatic heterocycles. The summed E-state index contributed by atoms with van der Waals surface area (Å²) in [5.41, 5.74) is 0.418. The molecule has 0 bridgehead atoms. The van der Waals surface area contributed by atoms with Crippen LogP contribution in [0.1, 0.15) is 32.8 Å². The van der Waals surface area contributed by atoms with Gasteiger partial charge in [-0.1, -0.05) is 32.0 Å². The highest BCUT2D eigenvalue weighted by Crippen LogP contribution is 2.16. The van der Waals surface area contributed by atoms with Gasteiger partial charge in [-0.05, 0) is 30.9 Å². The van der Waals surface area contributed by atoms with Gasteiger partial charge in [0.1, 0.15) is 0 Å². The summed E-state index contributed by atoms with van der Waals surface area (Å²) in [6.45, 7) is 5.66. The van der Waals surface area contributed by atoms with Crippen LogP contribution in [0.3, 0.4) is 0 Å². The summed E-state index contributed by atoms with van der Waals surface area (Å²) in [6, 6.07) is 6.36. The topological polar surface area (TPSA) is 66.4 Å². The Hall–Kier alpha value is -0.910. The molecular weight excluding hydrogens is 250 g/mol. The zero-order valence-corrected chi connectivity index (χ0v) is 11.9. The minimum atomic E-state index is -3.56. The number of aliphatic hydroxyl groups excluding tert-OH is 1. The van der Waals surface area contributed by atoms with Crippen molar-refractivity contribution in [3.05, 3.63) is 29.8 Å². The zero-order chi connectivity index (χ0) is 13.8. The quantitative estimate of drug-likeness (QED) is 0.830. The Morgan fingerprint density at radius 1 is 1.22 bits per heavy atom. The van der Waals surface area contributed by atoms with E-state index in [-0.39, 0.29) is 17.5 Å². The smallest absolute Gasteiger partial charge is 0.241 e. The number of nitrogens with one attached hydrogen (secondary N) is 1. The second-order valence-corrected chi connectivity index (χ2v) is 6.60. The highest BCUT2D eigenvalue weighted by atomic mass is 32.2. The summed E-state index contributed by atoms with van der Waals surface area (Å²) in [6.07, 6.45) is 0.778. The standard InChI is InChI=1S/C13H21NO3S/c1-10(2)8-11(3)14-18(16,17)13-7-5-4-6-12(13)9-15/h4-7,10-11,14-15H,8-9H2,1-3H3. The average Bonchev–Trinajstić information content (AvgIpc) is 2.27. The molecule has 1 aromatic carbocycles. The van der Waals surface area contributed by atoms with Crippen molar-refractivity contribution < 1.29 is 13.5 Å². The van der Waals surface area contributed by atoms with Gasteiger partial charge in [-0.15, -0.1) is 0 Å². The minimum Gasteiger partial charge on any atom is -0.392 e. The SMILES string of the molecule is CC(C)CC(C)NS(=O)(=O)c1ccccc1CO. The number of hydrogen-bond donors (Lipinski definition) is 2. The van der Waals surface area contributed by atoms with Crippen LogP contribution in [-0.2, 0) is 16.6 Å². The van der Waals surface area contributed by atoms with Crippen molar-refractivity contribution in [3.8, 4) is 0 Å². The second-order valence-electron chi connectivity index (χ2n) is 4.92. The van der Waals surface area contributed by atoms with Crippen molar-refractivity contribution in [3.63, 3.8) is 0 Å². The fourth-order valence-electron chi connectivity index (χ4n) is 1.98. The van der Waals surface area contributed by atoms with E-state index in [0.29, 0.717) is 11.5 Å². The Labute approximate surface area is 109 Å². The lowest BCUT2D eigenvalue weighted by atomic mass is 10.1. The predicted molar refractivity (Wildman–Crippen MR) is 71.6 cm³/mol. The molecule has 0 aliphatic heterocycles. The van der Waals surface area contributed by atoms with Gasteiger partial charge in [0, 0.05) is 6.04 Å². The van der Waals surface area contributed by atoms with E-state index in [4.69, 9.17) is 5.11 Å². The summed E-state index contributed by atoms with van der Waals surface area (Å²) in [5.74, 6) is 0.427. The van der Waals surface area contributed by atoms with E-state index in [2.05, 4.69) is 4.72 Å². The largest absolute Gasteiger partial charge is 0.392 e. The molecule has 1 atom stereocenters. The maximum atomic E-state index is 12.2. The van der Waals surface area contributed by atoms with Gasteiger partial charge < -0.3 is 5.11 Å². The molecule has 0 saturated carbocycles. The number of hydrogen-bond acceptors (Lipinski definition) is 3. The normalized spacial score (nSPS) is 13.8. The molecular formula is C13H21NO3S. The van der Waals surface area contributed by atoms with Crippen LogP contribution in [0.25, 0.3) is 0 Å². The molecule has 0 heterocycles. The van der Waals surface area contributed by atoms with Crippen molar-refractivity contribution >= 4 is 10.0 Å². The molecule has 1 unspecified atom stereocenters. The molecule has 5 heteroatoms. The molecule has 0 aliphatic carbocycles. The lowest BCUT2D eigenvalue weighted by molar-refractivity contribution is 0.278. The van der Waals surface area contributed by atoms with Crippen molar-refractivity contribution in [1.29, 1.82) is 0 Å². The predicted octanol–water partition coefficient (Wildman–Crippen LogP) is 1.89. The molecule has 18 heavy (non-hydrogen) atoms. The van der Waals surface area contributed by atoms with Crippen molar-refractivity contribution in [2.75, 3.05) is 0 Å². The highest BCUT2D eigenvalue weighted by Gasteiger charge is 2.20. The average molecular weight is 271 g/mol. The van der Waals surface area contributed by atoms with Crippen LogP contribution in [0.15, 0.2) is 29.2 Å². The molecule has 0 amide bonds. The lowest BCUT2D eigenvalue weighted by Gasteiger charge is -2.17. The monoisotopic (exact) mass is 271 g/mol. The maximum Gasteiger partial charge on any atom is 0.241 e. The molecule has 2 N–H and O–H groups in total. The molecule has 1 aromatic rings. The molecule has 102 valence electrons.